The Balaban J connectivity index is 3.68. The molecule has 0 aliphatic carbocycles. The Morgan fingerprint density at radius 2 is 1.09 bits per heavy atom. The SMILES string of the molecule is CCCCCCCCCCCCCCCC(=O)OC[C@H](CO)OC(=O)CCCCCCC/C=C\C/C=C(/CCCCC)OO. The fraction of sp³-hybridized carbons (Fsp3) is 0.838. The van der Waals surface area contributed by atoms with Gasteiger partial charge in [0.1, 0.15) is 12.4 Å². The molecule has 0 radical (unpaired) electrons. The Labute approximate surface area is 270 Å². The molecule has 0 aromatic rings. The minimum absolute atomic E-state index is 0.0873. The zero-order valence-electron chi connectivity index (χ0n) is 28.5. The molecule has 0 aromatic carbocycles. The van der Waals surface area contributed by atoms with Crippen molar-refractivity contribution in [3.05, 3.63) is 24.0 Å². The molecule has 0 saturated heterocycles. The van der Waals surface area contributed by atoms with Crippen LogP contribution in [0.1, 0.15) is 181 Å². The van der Waals surface area contributed by atoms with Gasteiger partial charge in [0.05, 0.1) is 6.61 Å². The summed E-state index contributed by atoms with van der Waals surface area (Å²) < 4.78 is 10.5. The molecular weight excluding hydrogens is 556 g/mol. The number of unbranched alkanes of at least 4 members (excludes halogenated alkanes) is 19. The van der Waals surface area contributed by atoms with E-state index < -0.39 is 6.10 Å². The van der Waals surface area contributed by atoms with Crippen LogP contribution in [0.4, 0.5) is 0 Å². The van der Waals surface area contributed by atoms with Crippen LogP contribution in [-0.4, -0.2) is 41.6 Å². The number of rotatable bonds is 33. The van der Waals surface area contributed by atoms with Crippen molar-refractivity contribution in [2.75, 3.05) is 13.2 Å². The molecule has 258 valence electrons. The van der Waals surface area contributed by atoms with E-state index in [9.17, 15) is 14.7 Å². The van der Waals surface area contributed by atoms with Gasteiger partial charge < -0.3 is 19.5 Å². The normalized spacial score (nSPS) is 12.5. The number of carbonyl (C=O) groups excluding carboxylic acids is 2. The summed E-state index contributed by atoms with van der Waals surface area (Å²) in [6, 6.07) is 0. The molecule has 44 heavy (non-hydrogen) atoms. The molecule has 0 aliphatic rings. The van der Waals surface area contributed by atoms with Crippen LogP contribution < -0.4 is 0 Å². The molecule has 0 saturated carbocycles. The van der Waals surface area contributed by atoms with E-state index in [0.29, 0.717) is 18.6 Å². The van der Waals surface area contributed by atoms with Gasteiger partial charge in [-0.2, -0.15) is 0 Å². The average molecular weight is 625 g/mol. The second-order valence-corrected chi connectivity index (χ2v) is 12.2. The highest BCUT2D eigenvalue weighted by Gasteiger charge is 2.16. The lowest BCUT2D eigenvalue weighted by Crippen LogP contribution is -2.28. The first-order chi connectivity index (χ1) is 21.6. The van der Waals surface area contributed by atoms with E-state index in [1.807, 2.05) is 6.08 Å². The number of esters is 2. The number of aliphatic hydroxyl groups excluding tert-OH is 1. The highest BCUT2D eigenvalue weighted by molar-refractivity contribution is 5.70. The molecule has 0 rings (SSSR count). The van der Waals surface area contributed by atoms with Crippen LogP contribution in [0, 0.1) is 0 Å². The van der Waals surface area contributed by atoms with Crippen LogP contribution in [0.25, 0.3) is 0 Å². The van der Waals surface area contributed by atoms with Crippen molar-refractivity contribution in [2.24, 2.45) is 0 Å². The largest absolute Gasteiger partial charge is 0.462 e. The lowest BCUT2D eigenvalue weighted by atomic mass is 10.0. The highest BCUT2D eigenvalue weighted by Crippen LogP contribution is 2.14. The summed E-state index contributed by atoms with van der Waals surface area (Å²) in [7, 11) is 0. The van der Waals surface area contributed by atoms with Crippen LogP contribution in [0.2, 0.25) is 0 Å². The average Bonchev–Trinajstić information content (AvgIpc) is 3.03. The van der Waals surface area contributed by atoms with Crippen molar-refractivity contribution in [1.29, 1.82) is 0 Å². The first kappa shape index (κ1) is 42.1. The highest BCUT2D eigenvalue weighted by atomic mass is 17.1. The maximum atomic E-state index is 12.1. The van der Waals surface area contributed by atoms with Gasteiger partial charge in [-0.15, -0.1) is 0 Å². The first-order valence-electron chi connectivity index (χ1n) is 18.2. The number of carbonyl (C=O) groups is 2. The summed E-state index contributed by atoms with van der Waals surface area (Å²) >= 11 is 0. The quantitative estimate of drug-likeness (QED) is 0.0187. The van der Waals surface area contributed by atoms with Gasteiger partial charge in [0.2, 0.25) is 0 Å². The first-order valence-corrected chi connectivity index (χ1v) is 18.2. The minimum atomic E-state index is -0.795. The van der Waals surface area contributed by atoms with E-state index in [1.165, 1.54) is 64.2 Å². The van der Waals surface area contributed by atoms with E-state index in [0.717, 1.165) is 89.9 Å². The van der Waals surface area contributed by atoms with Gasteiger partial charge in [-0.25, -0.2) is 5.26 Å². The van der Waals surface area contributed by atoms with E-state index in [2.05, 4.69) is 30.9 Å². The third kappa shape index (κ3) is 30.2. The van der Waals surface area contributed by atoms with E-state index in [-0.39, 0.29) is 25.2 Å². The molecule has 0 aliphatic heterocycles. The minimum Gasteiger partial charge on any atom is -0.462 e. The summed E-state index contributed by atoms with van der Waals surface area (Å²) in [6.07, 6.45) is 33.2. The third-order valence-electron chi connectivity index (χ3n) is 7.96. The zero-order chi connectivity index (χ0) is 32.4. The lowest BCUT2D eigenvalue weighted by molar-refractivity contribution is -0.206. The lowest BCUT2D eigenvalue weighted by Gasteiger charge is -2.15. The molecular formula is C37H68O7. The summed E-state index contributed by atoms with van der Waals surface area (Å²) in [6.45, 7) is 3.96. The van der Waals surface area contributed by atoms with Crippen molar-refractivity contribution in [2.45, 2.75) is 187 Å². The van der Waals surface area contributed by atoms with Crippen molar-refractivity contribution < 1.29 is 34.3 Å². The monoisotopic (exact) mass is 624 g/mol. The second-order valence-electron chi connectivity index (χ2n) is 12.2. The third-order valence-corrected chi connectivity index (χ3v) is 7.96. The predicted molar refractivity (Wildman–Crippen MR) is 180 cm³/mol. The fourth-order valence-electron chi connectivity index (χ4n) is 5.12. The summed E-state index contributed by atoms with van der Waals surface area (Å²) in [5.74, 6) is 0.00175. The van der Waals surface area contributed by atoms with Crippen LogP contribution in [0.3, 0.4) is 0 Å². The molecule has 0 aromatic heterocycles. The standard InChI is InChI=1S/C37H68O7/c1-3-5-7-8-9-10-11-12-13-16-19-22-26-30-36(39)42-33-35(32-38)43-37(40)31-27-23-20-17-14-15-18-21-25-29-34(44-41)28-24-6-4-2/h18,21,29,35,38,41H,3-17,19-20,22-28,30-33H2,1-2H3/b21-18-,34-29-/t35-/m0/s1. The Kier molecular flexibility index (Phi) is 32.6. The van der Waals surface area contributed by atoms with Gasteiger partial charge in [0.25, 0.3) is 0 Å². The maximum absolute atomic E-state index is 12.1. The summed E-state index contributed by atoms with van der Waals surface area (Å²) in [5, 5.41) is 18.5. The van der Waals surface area contributed by atoms with Crippen LogP contribution in [0.5, 0.6) is 0 Å². The van der Waals surface area contributed by atoms with Gasteiger partial charge in [-0.05, 0) is 44.6 Å². The Hall–Kier alpha value is -1.86. The Bertz CT molecular complexity index is 704. The van der Waals surface area contributed by atoms with Crippen molar-refractivity contribution >= 4 is 11.9 Å². The topological polar surface area (TPSA) is 102 Å². The maximum Gasteiger partial charge on any atom is 0.306 e. The number of hydrogen-bond acceptors (Lipinski definition) is 7. The number of hydrogen-bond donors (Lipinski definition) is 2. The molecule has 0 amide bonds. The van der Waals surface area contributed by atoms with Crippen molar-refractivity contribution in [3.8, 4) is 0 Å². The molecule has 7 heteroatoms. The molecule has 0 spiro atoms. The fourth-order valence-corrected chi connectivity index (χ4v) is 5.12. The van der Waals surface area contributed by atoms with Crippen molar-refractivity contribution in [1.82, 2.24) is 0 Å². The second kappa shape index (κ2) is 34.0. The molecule has 0 fully saturated rings. The van der Waals surface area contributed by atoms with Gasteiger partial charge in [-0.3, -0.25) is 9.59 Å². The predicted octanol–water partition coefficient (Wildman–Crippen LogP) is 10.5. The number of aliphatic hydroxyl groups is 1. The molecule has 7 nitrogen and oxygen atoms in total. The zero-order valence-corrected chi connectivity index (χ0v) is 28.5. The van der Waals surface area contributed by atoms with Gasteiger partial charge >= 0.3 is 11.9 Å². The van der Waals surface area contributed by atoms with Gasteiger partial charge in [0.15, 0.2) is 6.10 Å². The van der Waals surface area contributed by atoms with Crippen LogP contribution in [-0.2, 0) is 24.0 Å². The molecule has 2 N–H and O–H groups in total. The van der Waals surface area contributed by atoms with E-state index in [1.54, 1.807) is 0 Å². The number of ether oxygens (including phenoxy) is 2. The Morgan fingerprint density at radius 1 is 0.614 bits per heavy atom. The molecule has 0 unspecified atom stereocenters. The van der Waals surface area contributed by atoms with E-state index in [4.69, 9.17) is 14.7 Å². The van der Waals surface area contributed by atoms with Crippen LogP contribution in [0.15, 0.2) is 24.0 Å². The number of allylic oxidation sites excluding steroid dienone is 4. The molecule has 0 heterocycles. The molecule has 0 bridgehead atoms. The Morgan fingerprint density at radius 3 is 1.64 bits per heavy atom. The van der Waals surface area contributed by atoms with Gasteiger partial charge in [0, 0.05) is 19.3 Å². The summed E-state index contributed by atoms with van der Waals surface area (Å²) in [5.41, 5.74) is 0. The summed E-state index contributed by atoms with van der Waals surface area (Å²) in [4.78, 5) is 28.6. The van der Waals surface area contributed by atoms with Crippen molar-refractivity contribution in [3.63, 3.8) is 0 Å². The van der Waals surface area contributed by atoms with Crippen LogP contribution >= 0.6 is 0 Å². The molecule has 1 atom stereocenters. The van der Waals surface area contributed by atoms with E-state index >= 15 is 0 Å². The smallest absolute Gasteiger partial charge is 0.306 e. The van der Waals surface area contributed by atoms with Gasteiger partial charge in [-0.1, -0.05) is 135 Å².